The highest BCUT2D eigenvalue weighted by molar-refractivity contribution is 6.07. The van der Waals surface area contributed by atoms with E-state index in [2.05, 4.69) is 15.6 Å². The van der Waals surface area contributed by atoms with Crippen molar-refractivity contribution >= 4 is 17.3 Å². The molecule has 1 aromatic carbocycles. The number of carbonyl (C=O) groups excluding carboxylic acids is 1. The summed E-state index contributed by atoms with van der Waals surface area (Å²) in [5, 5.41) is 5.83. The first-order valence-electron chi connectivity index (χ1n) is 6.37. The molecule has 0 spiro atoms. The van der Waals surface area contributed by atoms with Crippen molar-refractivity contribution in [3.05, 3.63) is 53.6 Å². The van der Waals surface area contributed by atoms with Gasteiger partial charge in [-0.15, -0.1) is 0 Å². The fraction of sp³-hybridized carbons (Fsp3) is 0.200. The third-order valence-electron chi connectivity index (χ3n) is 2.85. The van der Waals surface area contributed by atoms with Crippen molar-refractivity contribution in [3.63, 3.8) is 0 Å². The Morgan fingerprint density at radius 3 is 2.85 bits per heavy atom. The fourth-order valence-corrected chi connectivity index (χ4v) is 1.84. The summed E-state index contributed by atoms with van der Waals surface area (Å²) in [5.41, 5.74) is 2.23. The zero-order valence-electron chi connectivity index (χ0n) is 11.4. The van der Waals surface area contributed by atoms with Crippen molar-refractivity contribution in [2.45, 2.75) is 13.8 Å². The van der Waals surface area contributed by atoms with Crippen molar-refractivity contribution in [2.24, 2.45) is 0 Å². The number of hydrogen-bond acceptors (Lipinski definition) is 3. The summed E-state index contributed by atoms with van der Waals surface area (Å²) in [4.78, 5) is 16.2. The zero-order chi connectivity index (χ0) is 14.5. The first-order valence-corrected chi connectivity index (χ1v) is 6.37. The van der Waals surface area contributed by atoms with Crippen LogP contribution >= 0.6 is 0 Å². The first kappa shape index (κ1) is 14.0. The Morgan fingerprint density at radius 2 is 2.15 bits per heavy atom. The Bertz CT molecular complexity index is 628. The van der Waals surface area contributed by atoms with Crippen LogP contribution in [-0.4, -0.2) is 17.4 Å². The van der Waals surface area contributed by atoms with E-state index in [0.29, 0.717) is 29.0 Å². The summed E-state index contributed by atoms with van der Waals surface area (Å²) in [6.07, 6.45) is 3.17. The normalized spacial score (nSPS) is 10.2. The molecule has 0 radical (unpaired) electrons. The van der Waals surface area contributed by atoms with Gasteiger partial charge in [-0.05, 0) is 43.7 Å². The van der Waals surface area contributed by atoms with Gasteiger partial charge in [-0.2, -0.15) is 0 Å². The molecule has 0 fully saturated rings. The summed E-state index contributed by atoms with van der Waals surface area (Å²) in [6.45, 7) is 4.29. The summed E-state index contributed by atoms with van der Waals surface area (Å²) >= 11 is 0. The molecule has 0 aliphatic rings. The molecule has 104 valence electrons. The quantitative estimate of drug-likeness (QED) is 0.899. The van der Waals surface area contributed by atoms with Gasteiger partial charge in [0.15, 0.2) is 0 Å². The Morgan fingerprint density at radius 1 is 1.35 bits per heavy atom. The zero-order valence-corrected chi connectivity index (χ0v) is 11.4. The number of benzene rings is 1. The van der Waals surface area contributed by atoms with E-state index < -0.39 is 0 Å². The van der Waals surface area contributed by atoms with Crippen LogP contribution in [-0.2, 0) is 0 Å². The Balaban J connectivity index is 2.21. The molecule has 0 aliphatic carbocycles. The van der Waals surface area contributed by atoms with Crippen LogP contribution in [0.4, 0.5) is 15.8 Å². The topological polar surface area (TPSA) is 54.0 Å². The largest absolute Gasteiger partial charge is 0.383 e. The molecular formula is C15H16FN3O. The standard InChI is InChI=1S/C15H16FN3O/c1-3-18-14-9-17-7-6-12(14)15(20)19-11-4-5-13(16)10(2)8-11/h4-9,18H,3H2,1-2H3,(H,19,20). The molecule has 20 heavy (non-hydrogen) atoms. The SMILES string of the molecule is CCNc1cnccc1C(=O)Nc1ccc(F)c(C)c1. The van der Waals surface area contributed by atoms with E-state index in [9.17, 15) is 9.18 Å². The molecule has 0 atom stereocenters. The second kappa shape index (κ2) is 6.14. The van der Waals surface area contributed by atoms with Crippen LogP contribution in [0.2, 0.25) is 0 Å². The maximum absolute atomic E-state index is 13.2. The maximum Gasteiger partial charge on any atom is 0.257 e. The molecule has 2 aromatic rings. The van der Waals surface area contributed by atoms with Crippen LogP contribution in [0.15, 0.2) is 36.7 Å². The average Bonchev–Trinajstić information content (AvgIpc) is 2.44. The molecular weight excluding hydrogens is 257 g/mol. The predicted molar refractivity (Wildman–Crippen MR) is 77.5 cm³/mol. The minimum Gasteiger partial charge on any atom is -0.383 e. The molecule has 1 amide bonds. The van der Waals surface area contributed by atoms with Crippen molar-refractivity contribution in [2.75, 3.05) is 17.2 Å². The molecule has 2 N–H and O–H groups in total. The van der Waals surface area contributed by atoms with Crippen molar-refractivity contribution in [1.29, 1.82) is 0 Å². The van der Waals surface area contributed by atoms with Crippen molar-refractivity contribution in [3.8, 4) is 0 Å². The van der Waals surface area contributed by atoms with Gasteiger partial charge in [-0.25, -0.2) is 4.39 Å². The lowest BCUT2D eigenvalue weighted by atomic mass is 10.2. The molecule has 5 heteroatoms. The van der Waals surface area contributed by atoms with E-state index in [-0.39, 0.29) is 11.7 Å². The number of aryl methyl sites for hydroxylation is 1. The van der Waals surface area contributed by atoms with Gasteiger partial charge in [0.25, 0.3) is 5.91 Å². The fourth-order valence-electron chi connectivity index (χ4n) is 1.84. The highest BCUT2D eigenvalue weighted by Gasteiger charge is 2.11. The Kier molecular flexibility index (Phi) is 4.30. The van der Waals surface area contributed by atoms with Gasteiger partial charge in [0, 0.05) is 18.4 Å². The van der Waals surface area contributed by atoms with Crippen LogP contribution in [0, 0.1) is 12.7 Å². The monoisotopic (exact) mass is 273 g/mol. The highest BCUT2D eigenvalue weighted by atomic mass is 19.1. The summed E-state index contributed by atoms with van der Waals surface area (Å²) in [5.74, 6) is -0.547. The number of amides is 1. The number of aromatic nitrogens is 1. The van der Waals surface area contributed by atoms with E-state index in [4.69, 9.17) is 0 Å². The van der Waals surface area contributed by atoms with Crippen LogP contribution in [0.5, 0.6) is 0 Å². The highest BCUT2D eigenvalue weighted by Crippen LogP contribution is 2.18. The lowest BCUT2D eigenvalue weighted by molar-refractivity contribution is 0.102. The number of nitrogens with zero attached hydrogens (tertiary/aromatic N) is 1. The van der Waals surface area contributed by atoms with E-state index in [1.807, 2.05) is 6.92 Å². The predicted octanol–water partition coefficient (Wildman–Crippen LogP) is 3.21. The molecule has 2 rings (SSSR count). The van der Waals surface area contributed by atoms with Gasteiger partial charge in [0.1, 0.15) is 5.82 Å². The van der Waals surface area contributed by atoms with Crippen LogP contribution in [0.1, 0.15) is 22.8 Å². The van der Waals surface area contributed by atoms with Gasteiger partial charge in [0.05, 0.1) is 17.4 Å². The van der Waals surface area contributed by atoms with E-state index in [1.54, 1.807) is 31.5 Å². The second-order valence-corrected chi connectivity index (χ2v) is 4.37. The third kappa shape index (κ3) is 3.12. The average molecular weight is 273 g/mol. The molecule has 0 aliphatic heterocycles. The number of carbonyl (C=O) groups is 1. The molecule has 1 heterocycles. The van der Waals surface area contributed by atoms with Crippen LogP contribution < -0.4 is 10.6 Å². The summed E-state index contributed by atoms with van der Waals surface area (Å²) in [6, 6.07) is 6.11. The smallest absolute Gasteiger partial charge is 0.257 e. The van der Waals surface area contributed by atoms with Crippen LogP contribution in [0.3, 0.4) is 0 Å². The van der Waals surface area contributed by atoms with E-state index in [0.717, 1.165) is 0 Å². The van der Waals surface area contributed by atoms with Gasteiger partial charge in [-0.3, -0.25) is 9.78 Å². The molecule has 1 aromatic heterocycles. The number of hydrogen-bond donors (Lipinski definition) is 2. The third-order valence-corrected chi connectivity index (χ3v) is 2.85. The second-order valence-electron chi connectivity index (χ2n) is 4.37. The lowest BCUT2D eigenvalue weighted by Crippen LogP contribution is -2.15. The van der Waals surface area contributed by atoms with Gasteiger partial charge in [-0.1, -0.05) is 0 Å². The first-order chi connectivity index (χ1) is 9.61. The Labute approximate surface area is 117 Å². The van der Waals surface area contributed by atoms with Crippen molar-refractivity contribution < 1.29 is 9.18 Å². The maximum atomic E-state index is 13.2. The molecule has 0 unspecified atom stereocenters. The number of pyridine rings is 1. The molecule has 0 bridgehead atoms. The lowest BCUT2D eigenvalue weighted by Gasteiger charge is -2.11. The number of nitrogens with one attached hydrogen (secondary N) is 2. The van der Waals surface area contributed by atoms with E-state index in [1.165, 1.54) is 12.1 Å². The number of rotatable bonds is 4. The minimum atomic E-state index is -0.291. The molecule has 0 saturated heterocycles. The van der Waals surface area contributed by atoms with Gasteiger partial charge in [0.2, 0.25) is 0 Å². The molecule has 0 saturated carbocycles. The summed E-state index contributed by atoms with van der Waals surface area (Å²) in [7, 11) is 0. The van der Waals surface area contributed by atoms with E-state index >= 15 is 0 Å². The molecule has 4 nitrogen and oxygen atoms in total. The number of halogens is 1. The summed E-state index contributed by atoms with van der Waals surface area (Å²) < 4.78 is 13.2. The van der Waals surface area contributed by atoms with Gasteiger partial charge < -0.3 is 10.6 Å². The number of anilines is 2. The van der Waals surface area contributed by atoms with Crippen LogP contribution in [0.25, 0.3) is 0 Å². The Hall–Kier alpha value is -2.43. The van der Waals surface area contributed by atoms with Crippen molar-refractivity contribution in [1.82, 2.24) is 4.98 Å². The van der Waals surface area contributed by atoms with Gasteiger partial charge >= 0.3 is 0 Å². The minimum absolute atomic E-state index is 0.255.